The van der Waals surface area contributed by atoms with Crippen LogP contribution in [-0.2, 0) is 21.4 Å². The zero-order chi connectivity index (χ0) is 29.9. The van der Waals surface area contributed by atoms with Crippen molar-refractivity contribution in [3.63, 3.8) is 0 Å². The third-order valence-electron chi connectivity index (χ3n) is 7.18. The predicted octanol–water partition coefficient (Wildman–Crippen LogP) is 6.20. The molecule has 216 valence electrons. The molecule has 0 bridgehead atoms. The van der Waals surface area contributed by atoms with Gasteiger partial charge in [0.1, 0.15) is 17.3 Å². The second-order valence-corrected chi connectivity index (χ2v) is 10.9. The second-order valence-electron chi connectivity index (χ2n) is 10.9. The van der Waals surface area contributed by atoms with Crippen LogP contribution >= 0.6 is 0 Å². The number of nitrogens with zero attached hydrogens (tertiary/aromatic N) is 1. The van der Waals surface area contributed by atoms with E-state index in [1.165, 1.54) is 31.3 Å². The fourth-order valence-corrected chi connectivity index (χ4v) is 5.08. The monoisotopic (exact) mass is 561 g/mol. The number of likely N-dealkylation sites (tertiary alicyclic amines) is 1. The number of rotatable bonds is 9. The number of hydrogen-bond donors (Lipinski definition) is 1. The van der Waals surface area contributed by atoms with Crippen molar-refractivity contribution in [2.45, 2.75) is 45.6 Å². The van der Waals surface area contributed by atoms with Gasteiger partial charge < -0.3 is 24.2 Å². The van der Waals surface area contributed by atoms with Crippen molar-refractivity contribution in [1.82, 2.24) is 4.90 Å². The van der Waals surface area contributed by atoms with E-state index >= 15 is 0 Å². The summed E-state index contributed by atoms with van der Waals surface area (Å²) in [5.41, 5.74) is 2.30. The normalized spacial score (nSPS) is 16.7. The predicted molar refractivity (Wildman–Crippen MR) is 155 cm³/mol. The average Bonchev–Trinajstić information content (AvgIpc) is 3.21. The molecule has 1 aliphatic rings. The number of ketones is 1. The molecular formula is C33H36FNO6. The quantitative estimate of drug-likeness (QED) is 0.190. The van der Waals surface area contributed by atoms with Gasteiger partial charge >= 0.3 is 0 Å². The molecule has 7 nitrogen and oxygen atoms in total. The highest BCUT2D eigenvalue weighted by molar-refractivity contribution is 6.46. The van der Waals surface area contributed by atoms with Crippen LogP contribution in [0.15, 0.2) is 66.2 Å². The lowest BCUT2D eigenvalue weighted by Gasteiger charge is -2.26. The summed E-state index contributed by atoms with van der Waals surface area (Å²) in [5.74, 6) is -0.549. The Balaban J connectivity index is 1.86. The van der Waals surface area contributed by atoms with Crippen molar-refractivity contribution in [3.8, 4) is 17.2 Å². The maximum atomic E-state index is 13.6. The number of carbonyl (C=O) groups excluding carboxylic acids is 2. The number of hydrogen-bond acceptors (Lipinski definition) is 6. The number of benzene rings is 3. The Morgan fingerprint density at radius 1 is 0.927 bits per heavy atom. The van der Waals surface area contributed by atoms with Crippen LogP contribution in [0.1, 0.15) is 56.0 Å². The standard InChI is InChI=1S/C33H36FNO6/c1-7-41-25-14-11-22(18-24(25)33(2,3)4)30(36)28-29(21-10-15-26(39-5)27(19-21)40-6)35(32(38)31(28)37)17-16-20-8-12-23(34)13-9-20/h8-15,18-19,29,36H,7,16-17H2,1-6H3/b30-28+. The highest BCUT2D eigenvalue weighted by Crippen LogP contribution is 2.43. The molecular weight excluding hydrogens is 525 g/mol. The van der Waals surface area contributed by atoms with Crippen LogP contribution in [0.4, 0.5) is 4.39 Å². The Kier molecular flexibility index (Phi) is 8.71. The van der Waals surface area contributed by atoms with Crippen molar-refractivity contribution in [2.75, 3.05) is 27.4 Å². The fourth-order valence-electron chi connectivity index (χ4n) is 5.08. The zero-order valence-electron chi connectivity index (χ0n) is 24.3. The summed E-state index contributed by atoms with van der Waals surface area (Å²) >= 11 is 0. The lowest BCUT2D eigenvalue weighted by atomic mass is 9.84. The van der Waals surface area contributed by atoms with Crippen molar-refractivity contribution >= 4 is 17.4 Å². The Morgan fingerprint density at radius 2 is 1.59 bits per heavy atom. The smallest absolute Gasteiger partial charge is 0.295 e. The first-order chi connectivity index (χ1) is 19.5. The van der Waals surface area contributed by atoms with Gasteiger partial charge in [-0.3, -0.25) is 9.59 Å². The Morgan fingerprint density at radius 3 is 2.20 bits per heavy atom. The van der Waals surface area contributed by atoms with Gasteiger partial charge in [0.15, 0.2) is 11.5 Å². The first-order valence-corrected chi connectivity index (χ1v) is 13.5. The van der Waals surface area contributed by atoms with E-state index in [0.717, 1.165) is 11.1 Å². The number of amides is 1. The van der Waals surface area contributed by atoms with Gasteiger partial charge in [-0.1, -0.05) is 39.0 Å². The van der Waals surface area contributed by atoms with Crippen molar-refractivity contribution in [1.29, 1.82) is 0 Å². The van der Waals surface area contributed by atoms with Gasteiger partial charge in [0.2, 0.25) is 0 Å². The van der Waals surface area contributed by atoms with E-state index in [9.17, 15) is 19.1 Å². The van der Waals surface area contributed by atoms with Crippen LogP contribution in [0, 0.1) is 5.82 Å². The van der Waals surface area contributed by atoms with Crippen LogP contribution in [-0.4, -0.2) is 49.1 Å². The minimum atomic E-state index is -0.889. The summed E-state index contributed by atoms with van der Waals surface area (Å²) in [7, 11) is 3.02. The molecule has 1 heterocycles. The maximum Gasteiger partial charge on any atom is 0.295 e. The molecule has 0 radical (unpaired) electrons. The SMILES string of the molecule is CCOc1ccc(/C(O)=C2\C(=O)C(=O)N(CCc3ccc(F)cc3)C2c2ccc(OC)c(OC)c2)cc1C(C)(C)C. The number of methoxy groups -OCH3 is 2. The van der Waals surface area contributed by atoms with Gasteiger partial charge in [-0.05, 0) is 72.4 Å². The van der Waals surface area contributed by atoms with Gasteiger partial charge in [0, 0.05) is 17.7 Å². The highest BCUT2D eigenvalue weighted by atomic mass is 19.1. The summed E-state index contributed by atoms with van der Waals surface area (Å²) < 4.78 is 30.2. The van der Waals surface area contributed by atoms with Crippen LogP contribution in [0.2, 0.25) is 0 Å². The third kappa shape index (κ3) is 6.06. The first kappa shape index (κ1) is 29.6. The van der Waals surface area contributed by atoms with E-state index in [0.29, 0.717) is 41.4 Å². The molecule has 8 heteroatoms. The Labute approximate surface area is 240 Å². The number of Topliss-reactive ketones (excluding diaryl/α,β-unsaturated/α-hetero) is 1. The van der Waals surface area contributed by atoms with Crippen LogP contribution in [0.3, 0.4) is 0 Å². The Hall–Kier alpha value is -4.33. The number of carbonyl (C=O) groups is 2. The third-order valence-corrected chi connectivity index (χ3v) is 7.18. The first-order valence-electron chi connectivity index (χ1n) is 13.5. The minimum absolute atomic E-state index is 0.0228. The maximum absolute atomic E-state index is 13.6. The van der Waals surface area contributed by atoms with Gasteiger partial charge in [0.05, 0.1) is 32.4 Å². The highest BCUT2D eigenvalue weighted by Gasteiger charge is 2.46. The molecule has 0 spiro atoms. The molecule has 41 heavy (non-hydrogen) atoms. The van der Waals surface area contributed by atoms with Crippen LogP contribution in [0.25, 0.3) is 5.76 Å². The van der Waals surface area contributed by atoms with E-state index in [4.69, 9.17) is 14.2 Å². The van der Waals surface area contributed by atoms with Crippen molar-refractivity contribution < 1.29 is 33.3 Å². The molecule has 1 atom stereocenters. The van der Waals surface area contributed by atoms with Gasteiger partial charge in [-0.15, -0.1) is 0 Å². The molecule has 0 aliphatic carbocycles. The molecule has 3 aromatic carbocycles. The lowest BCUT2D eigenvalue weighted by Crippen LogP contribution is -2.31. The largest absolute Gasteiger partial charge is 0.507 e. The van der Waals surface area contributed by atoms with Gasteiger partial charge in [-0.2, -0.15) is 0 Å². The Bertz CT molecular complexity index is 1470. The summed E-state index contributed by atoms with van der Waals surface area (Å²) in [6.45, 7) is 8.65. The number of halogens is 1. The summed E-state index contributed by atoms with van der Waals surface area (Å²) in [4.78, 5) is 28.5. The zero-order valence-corrected chi connectivity index (χ0v) is 24.3. The van der Waals surface area contributed by atoms with E-state index in [2.05, 4.69) is 0 Å². The molecule has 1 aliphatic heterocycles. The number of ether oxygens (including phenoxy) is 3. The topological polar surface area (TPSA) is 85.3 Å². The molecule has 1 fully saturated rings. The minimum Gasteiger partial charge on any atom is -0.507 e. The fraction of sp³-hybridized carbons (Fsp3) is 0.333. The molecule has 0 saturated carbocycles. The molecule has 4 rings (SSSR count). The van der Waals surface area contributed by atoms with Crippen LogP contribution < -0.4 is 14.2 Å². The van der Waals surface area contributed by atoms with Crippen molar-refractivity contribution in [2.24, 2.45) is 0 Å². The lowest BCUT2D eigenvalue weighted by molar-refractivity contribution is -0.139. The summed E-state index contributed by atoms with van der Waals surface area (Å²) in [5, 5.41) is 11.7. The van der Waals surface area contributed by atoms with Gasteiger partial charge in [-0.25, -0.2) is 4.39 Å². The second kappa shape index (κ2) is 12.0. The van der Waals surface area contributed by atoms with Gasteiger partial charge in [0.25, 0.3) is 11.7 Å². The van der Waals surface area contributed by atoms with E-state index in [1.807, 2.05) is 27.7 Å². The molecule has 1 N–H and O–H groups in total. The average molecular weight is 562 g/mol. The number of aliphatic hydroxyl groups is 1. The van der Waals surface area contributed by atoms with Crippen LogP contribution in [0.5, 0.6) is 17.2 Å². The van der Waals surface area contributed by atoms with E-state index in [-0.39, 0.29) is 29.1 Å². The molecule has 1 amide bonds. The molecule has 1 unspecified atom stereocenters. The molecule has 1 saturated heterocycles. The summed E-state index contributed by atoms with van der Waals surface area (Å²) in [6.07, 6.45) is 0.383. The summed E-state index contributed by atoms with van der Waals surface area (Å²) in [6, 6.07) is 15.5. The molecule has 3 aromatic rings. The van der Waals surface area contributed by atoms with E-state index < -0.39 is 17.7 Å². The van der Waals surface area contributed by atoms with E-state index in [1.54, 1.807) is 48.5 Å². The molecule has 0 aromatic heterocycles. The number of aliphatic hydroxyl groups excluding tert-OH is 1. The van der Waals surface area contributed by atoms with Crippen molar-refractivity contribution in [3.05, 3.63) is 94.3 Å².